The van der Waals surface area contributed by atoms with E-state index >= 15 is 0 Å². The van der Waals surface area contributed by atoms with E-state index < -0.39 is 47.6 Å². The van der Waals surface area contributed by atoms with E-state index in [9.17, 15) is 22.8 Å². The van der Waals surface area contributed by atoms with Crippen molar-refractivity contribution in [2.45, 2.75) is 46.9 Å². The molecule has 7 heteroatoms. The summed E-state index contributed by atoms with van der Waals surface area (Å²) in [5, 5.41) is 0. The molecule has 2 atom stereocenters. The highest BCUT2D eigenvalue weighted by Crippen LogP contribution is 2.41. The van der Waals surface area contributed by atoms with Gasteiger partial charge < -0.3 is 9.47 Å². The number of carbonyl (C=O) groups excluding carboxylic acids is 2. The molecule has 1 heterocycles. The van der Waals surface area contributed by atoms with Crippen LogP contribution in [-0.4, -0.2) is 30.8 Å². The van der Waals surface area contributed by atoms with Gasteiger partial charge in [0.2, 0.25) is 0 Å². The summed E-state index contributed by atoms with van der Waals surface area (Å²) in [5.41, 5.74) is -1.49. The maximum atomic E-state index is 12.8. The van der Waals surface area contributed by atoms with Crippen molar-refractivity contribution in [3.05, 3.63) is 0 Å². The summed E-state index contributed by atoms with van der Waals surface area (Å²) in [6, 6.07) is 0. The lowest BCUT2D eigenvalue weighted by atomic mass is 9.69. The van der Waals surface area contributed by atoms with Crippen molar-refractivity contribution >= 4 is 11.9 Å². The van der Waals surface area contributed by atoms with Crippen LogP contribution in [0.2, 0.25) is 0 Å². The van der Waals surface area contributed by atoms with Crippen LogP contribution in [0, 0.1) is 16.7 Å². The van der Waals surface area contributed by atoms with Crippen molar-refractivity contribution < 1.29 is 32.2 Å². The fourth-order valence-corrected chi connectivity index (χ4v) is 1.54. The van der Waals surface area contributed by atoms with Crippen molar-refractivity contribution in [2.24, 2.45) is 16.7 Å². The zero-order chi connectivity index (χ0) is 15.9. The van der Waals surface area contributed by atoms with E-state index in [4.69, 9.17) is 4.74 Å². The molecule has 20 heavy (non-hydrogen) atoms. The Hall–Kier alpha value is -1.27. The number of halogens is 3. The number of cyclic esters (lactones) is 1. The van der Waals surface area contributed by atoms with Gasteiger partial charge in [-0.2, -0.15) is 13.2 Å². The van der Waals surface area contributed by atoms with Gasteiger partial charge in [-0.15, -0.1) is 0 Å². The van der Waals surface area contributed by atoms with E-state index in [1.54, 1.807) is 34.6 Å². The average Bonchev–Trinajstić information content (AvgIpc) is 2.57. The highest BCUT2D eigenvalue weighted by molar-refractivity contribution is 5.80. The van der Waals surface area contributed by atoms with Crippen molar-refractivity contribution in [3.63, 3.8) is 0 Å². The van der Waals surface area contributed by atoms with Crippen LogP contribution in [-0.2, 0) is 19.1 Å². The Balaban J connectivity index is 2.89. The third kappa shape index (κ3) is 3.07. The van der Waals surface area contributed by atoms with E-state index in [-0.39, 0.29) is 0 Å². The zero-order valence-electron chi connectivity index (χ0n) is 12.1. The van der Waals surface area contributed by atoms with Gasteiger partial charge >= 0.3 is 18.1 Å². The van der Waals surface area contributed by atoms with Gasteiger partial charge in [0.15, 0.2) is 12.0 Å². The molecule has 1 rings (SSSR count). The highest BCUT2D eigenvalue weighted by atomic mass is 19.4. The Morgan fingerprint density at radius 1 is 1.20 bits per heavy atom. The fraction of sp³-hybridized carbons (Fsp3) is 0.846. The number of hydrogen-bond acceptors (Lipinski definition) is 4. The molecule has 1 aliphatic rings. The maximum absolute atomic E-state index is 12.8. The Kier molecular flexibility index (Phi) is 4.14. The molecule has 4 nitrogen and oxygen atoms in total. The predicted molar refractivity (Wildman–Crippen MR) is 63.6 cm³/mol. The average molecular weight is 296 g/mol. The van der Waals surface area contributed by atoms with Gasteiger partial charge in [0.25, 0.3) is 0 Å². The second-order valence-corrected chi connectivity index (χ2v) is 6.47. The minimum absolute atomic E-state index is 0.499. The van der Waals surface area contributed by atoms with Gasteiger partial charge in [0, 0.05) is 0 Å². The molecule has 0 aromatic rings. The van der Waals surface area contributed by atoms with Crippen LogP contribution in [0.25, 0.3) is 0 Å². The summed E-state index contributed by atoms with van der Waals surface area (Å²) in [5.74, 6) is -4.58. The highest BCUT2D eigenvalue weighted by Gasteiger charge is 2.57. The van der Waals surface area contributed by atoms with Crippen molar-refractivity contribution in [3.8, 4) is 0 Å². The van der Waals surface area contributed by atoms with Gasteiger partial charge in [-0.25, -0.2) is 0 Å². The minimum Gasteiger partial charge on any atom is -0.461 e. The van der Waals surface area contributed by atoms with Crippen molar-refractivity contribution in [1.82, 2.24) is 0 Å². The molecule has 0 bridgehead atoms. The van der Waals surface area contributed by atoms with Gasteiger partial charge in [-0.1, -0.05) is 20.8 Å². The molecule has 0 aromatic heterocycles. The molecule has 0 spiro atoms. The lowest BCUT2D eigenvalue weighted by Gasteiger charge is -2.37. The first-order chi connectivity index (χ1) is 8.78. The molecule has 0 saturated carbocycles. The predicted octanol–water partition coefficient (Wildman–Crippen LogP) is 2.71. The summed E-state index contributed by atoms with van der Waals surface area (Å²) in [4.78, 5) is 23.2. The Labute approximate surface area is 115 Å². The topological polar surface area (TPSA) is 52.6 Å². The quantitative estimate of drug-likeness (QED) is 0.735. The third-order valence-electron chi connectivity index (χ3n) is 4.01. The molecule has 116 valence electrons. The van der Waals surface area contributed by atoms with Crippen molar-refractivity contribution in [2.75, 3.05) is 6.61 Å². The largest absolute Gasteiger partial charge is 0.461 e. The second-order valence-electron chi connectivity index (χ2n) is 6.47. The Morgan fingerprint density at radius 3 is 2.10 bits per heavy atom. The number of ether oxygens (including phenoxy) is 2. The molecule has 1 saturated heterocycles. The normalized spacial score (nSPS) is 24.5. The summed E-state index contributed by atoms with van der Waals surface area (Å²) >= 11 is 0. The van der Waals surface area contributed by atoms with Crippen LogP contribution in [0.15, 0.2) is 0 Å². The van der Waals surface area contributed by atoms with E-state index in [2.05, 4.69) is 4.74 Å². The number of alkyl halides is 3. The van der Waals surface area contributed by atoms with Crippen LogP contribution in [0.4, 0.5) is 13.2 Å². The van der Waals surface area contributed by atoms with Gasteiger partial charge in [-0.05, 0) is 19.3 Å². The van der Waals surface area contributed by atoms with Gasteiger partial charge in [0.05, 0.1) is 5.41 Å². The molecular weight excluding hydrogens is 277 g/mol. The molecule has 0 radical (unpaired) electrons. The zero-order valence-corrected chi connectivity index (χ0v) is 12.1. The van der Waals surface area contributed by atoms with Crippen LogP contribution < -0.4 is 0 Å². The first-order valence-corrected chi connectivity index (χ1v) is 6.23. The fourth-order valence-electron chi connectivity index (χ4n) is 1.54. The first kappa shape index (κ1) is 16.8. The molecule has 1 fully saturated rings. The summed E-state index contributed by atoms with van der Waals surface area (Å²) in [6.45, 7) is 7.98. The van der Waals surface area contributed by atoms with Crippen LogP contribution >= 0.6 is 0 Å². The maximum Gasteiger partial charge on any atom is 0.405 e. The SMILES string of the molecule is CC(C)(C)C(C)(C)C(=O)OC1COC(=O)C1C(F)(F)F. The number of rotatable bonds is 2. The summed E-state index contributed by atoms with van der Waals surface area (Å²) in [6.07, 6.45) is -6.40. The monoisotopic (exact) mass is 296 g/mol. The molecule has 1 aliphatic heterocycles. The van der Waals surface area contributed by atoms with E-state index in [1.807, 2.05) is 0 Å². The van der Waals surface area contributed by atoms with E-state index in [0.717, 1.165) is 0 Å². The number of esters is 2. The third-order valence-corrected chi connectivity index (χ3v) is 4.01. The van der Waals surface area contributed by atoms with Crippen LogP contribution in [0.3, 0.4) is 0 Å². The van der Waals surface area contributed by atoms with Crippen LogP contribution in [0.5, 0.6) is 0 Å². The smallest absolute Gasteiger partial charge is 0.405 e. The molecule has 2 unspecified atom stereocenters. The Bertz CT molecular complexity index is 407. The second kappa shape index (κ2) is 4.93. The standard InChI is InChI=1S/C13H19F3O4/c1-11(2,3)12(4,5)10(18)20-7-6-19-9(17)8(7)13(14,15)16/h7-8H,6H2,1-5H3. The van der Waals surface area contributed by atoms with E-state index in [0.29, 0.717) is 0 Å². The lowest BCUT2D eigenvalue weighted by Crippen LogP contribution is -2.44. The first-order valence-electron chi connectivity index (χ1n) is 6.23. The Morgan fingerprint density at radius 2 is 1.70 bits per heavy atom. The summed E-state index contributed by atoms with van der Waals surface area (Å²) in [7, 11) is 0. The molecular formula is C13H19F3O4. The number of hydrogen-bond donors (Lipinski definition) is 0. The molecule has 0 aromatic carbocycles. The van der Waals surface area contributed by atoms with Gasteiger partial charge in [0.1, 0.15) is 6.61 Å². The van der Waals surface area contributed by atoms with Crippen LogP contribution in [0.1, 0.15) is 34.6 Å². The molecule has 0 aliphatic carbocycles. The summed E-state index contributed by atoms with van der Waals surface area (Å²) < 4.78 is 47.5. The van der Waals surface area contributed by atoms with Crippen molar-refractivity contribution in [1.29, 1.82) is 0 Å². The van der Waals surface area contributed by atoms with E-state index in [1.165, 1.54) is 0 Å². The minimum atomic E-state index is -4.79. The van der Waals surface area contributed by atoms with Gasteiger partial charge in [-0.3, -0.25) is 9.59 Å². The number of carbonyl (C=O) groups is 2. The lowest BCUT2D eigenvalue weighted by molar-refractivity contribution is -0.205. The molecule has 0 N–H and O–H groups in total. The molecule has 0 amide bonds.